The number of pyridine rings is 2. The number of benzene rings is 2. The lowest BCUT2D eigenvalue weighted by molar-refractivity contribution is -0.130. The molecule has 11 nitrogen and oxygen atoms in total. The Morgan fingerprint density at radius 1 is 0.556 bits per heavy atom. The molecule has 4 atom stereocenters. The van der Waals surface area contributed by atoms with Gasteiger partial charge in [0.25, 0.3) is 0 Å². The predicted molar refractivity (Wildman–Crippen MR) is 210 cm³/mol. The molecule has 0 saturated carbocycles. The van der Waals surface area contributed by atoms with E-state index in [0.717, 1.165) is 22.3 Å². The van der Waals surface area contributed by atoms with Crippen molar-refractivity contribution in [2.45, 2.75) is 70.8 Å². The number of amides is 4. The van der Waals surface area contributed by atoms with Crippen molar-refractivity contribution in [1.29, 1.82) is 0 Å². The van der Waals surface area contributed by atoms with Crippen LogP contribution in [0.3, 0.4) is 0 Å². The maximum Gasteiger partial charge on any atom is 0.244 e. The van der Waals surface area contributed by atoms with Gasteiger partial charge in [-0.1, -0.05) is 88.4 Å². The van der Waals surface area contributed by atoms with E-state index in [0.29, 0.717) is 0 Å². The number of aliphatic hydroxyl groups excluding tert-OH is 1. The van der Waals surface area contributed by atoms with Crippen LogP contribution in [0, 0.1) is 11.8 Å². The van der Waals surface area contributed by atoms with Crippen molar-refractivity contribution in [3.63, 3.8) is 0 Å². The van der Waals surface area contributed by atoms with Gasteiger partial charge in [0.15, 0.2) is 0 Å². The number of aliphatic hydroxyl groups is 1. The third-order valence-corrected chi connectivity index (χ3v) is 8.84. The Labute approximate surface area is 317 Å². The van der Waals surface area contributed by atoms with Crippen LogP contribution in [0.15, 0.2) is 122 Å². The molecule has 4 rings (SSSR count). The standard InChI is InChI=1S/C43H50N6O5/c1-29(2)39(48-37(50)17-15-31-19-23-44-24-20-31)42(53)46-35(27-33-11-7-5-8-12-33)41(52)36(28-34-13-9-6-10-14-34)47-43(54)40(30(3)4)49-38(51)18-16-32-21-25-45-26-22-32/h5-26,29-30,35-36,39-41,52H,27-28H2,1-4H3,(H,46,53)(H,47,54)(H,48,50)(H,49,51)/t35-,36-,39-,40-,41?/m0/s1. The number of hydrogen-bond acceptors (Lipinski definition) is 7. The van der Waals surface area contributed by atoms with Crippen LogP contribution in [-0.4, -0.2) is 69.0 Å². The quantitative estimate of drug-likeness (QED) is 0.0954. The van der Waals surface area contributed by atoms with E-state index in [4.69, 9.17) is 0 Å². The predicted octanol–water partition coefficient (Wildman–Crippen LogP) is 4.30. The van der Waals surface area contributed by atoms with E-state index in [1.54, 1.807) is 61.2 Å². The fourth-order valence-electron chi connectivity index (χ4n) is 5.84. The van der Waals surface area contributed by atoms with Crippen molar-refractivity contribution in [1.82, 2.24) is 31.2 Å². The summed E-state index contributed by atoms with van der Waals surface area (Å²) in [5, 5.41) is 23.8. The summed E-state index contributed by atoms with van der Waals surface area (Å²) in [7, 11) is 0. The molecule has 0 radical (unpaired) electrons. The van der Waals surface area contributed by atoms with Crippen LogP contribution < -0.4 is 21.3 Å². The molecule has 54 heavy (non-hydrogen) atoms. The summed E-state index contributed by atoms with van der Waals surface area (Å²) in [6.07, 6.45) is 11.7. The summed E-state index contributed by atoms with van der Waals surface area (Å²) in [6, 6.07) is 22.2. The lowest BCUT2D eigenvalue weighted by Gasteiger charge is -2.34. The van der Waals surface area contributed by atoms with E-state index in [-0.39, 0.29) is 24.7 Å². The van der Waals surface area contributed by atoms with Gasteiger partial charge in [0, 0.05) is 36.9 Å². The third-order valence-electron chi connectivity index (χ3n) is 8.84. The molecule has 0 fully saturated rings. The number of carbonyl (C=O) groups excluding carboxylic acids is 4. The number of nitrogens with one attached hydrogen (secondary N) is 4. The van der Waals surface area contributed by atoms with Crippen molar-refractivity contribution >= 4 is 35.8 Å². The average Bonchev–Trinajstić information content (AvgIpc) is 3.17. The molecule has 0 saturated heterocycles. The Bertz CT molecular complexity index is 1700. The lowest BCUT2D eigenvalue weighted by atomic mass is 9.91. The van der Waals surface area contributed by atoms with Gasteiger partial charge in [0.05, 0.1) is 18.2 Å². The van der Waals surface area contributed by atoms with Crippen molar-refractivity contribution in [3.8, 4) is 0 Å². The van der Waals surface area contributed by atoms with Gasteiger partial charge in [-0.2, -0.15) is 0 Å². The second-order valence-electron chi connectivity index (χ2n) is 13.8. The fourth-order valence-corrected chi connectivity index (χ4v) is 5.84. The minimum Gasteiger partial charge on any atom is -0.389 e. The lowest BCUT2D eigenvalue weighted by Crippen LogP contribution is -2.61. The molecular formula is C43H50N6O5. The highest BCUT2D eigenvalue weighted by Crippen LogP contribution is 2.16. The zero-order chi connectivity index (χ0) is 38.9. The highest BCUT2D eigenvalue weighted by atomic mass is 16.3. The molecule has 2 heterocycles. The molecule has 0 aliphatic carbocycles. The van der Waals surface area contributed by atoms with Crippen LogP contribution in [-0.2, 0) is 32.0 Å². The summed E-state index contributed by atoms with van der Waals surface area (Å²) in [4.78, 5) is 61.8. The molecule has 0 bridgehead atoms. The molecule has 0 aliphatic heterocycles. The fraction of sp³-hybridized carbons (Fsp3) is 0.302. The molecule has 4 aromatic rings. The van der Waals surface area contributed by atoms with Gasteiger partial charge in [0.1, 0.15) is 12.1 Å². The van der Waals surface area contributed by atoms with Crippen LogP contribution in [0.4, 0.5) is 0 Å². The van der Waals surface area contributed by atoms with Gasteiger partial charge < -0.3 is 26.4 Å². The van der Waals surface area contributed by atoms with Crippen molar-refractivity contribution in [2.75, 3.05) is 0 Å². The second kappa shape index (κ2) is 20.9. The molecule has 282 valence electrons. The van der Waals surface area contributed by atoms with Crippen molar-refractivity contribution in [3.05, 3.63) is 144 Å². The molecule has 0 unspecified atom stereocenters. The van der Waals surface area contributed by atoms with E-state index < -0.39 is 53.9 Å². The number of rotatable bonds is 18. The first-order valence-corrected chi connectivity index (χ1v) is 18.1. The number of hydrogen-bond donors (Lipinski definition) is 5. The summed E-state index contributed by atoms with van der Waals surface area (Å²) in [6.45, 7) is 7.30. The zero-order valence-corrected chi connectivity index (χ0v) is 31.1. The van der Waals surface area contributed by atoms with E-state index >= 15 is 0 Å². The third kappa shape index (κ3) is 13.2. The van der Waals surface area contributed by atoms with Gasteiger partial charge in [0.2, 0.25) is 23.6 Å². The van der Waals surface area contributed by atoms with E-state index in [1.165, 1.54) is 12.2 Å². The maximum absolute atomic E-state index is 14.0. The largest absolute Gasteiger partial charge is 0.389 e. The van der Waals surface area contributed by atoms with Gasteiger partial charge in [-0.05, 0) is 83.3 Å². The van der Waals surface area contributed by atoms with E-state index in [2.05, 4.69) is 31.2 Å². The van der Waals surface area contributed by atoms with Gasteiger partial charge in [-0.15, -0.1) is 0 Å². The van der Waals surface area contributed by atoms with Crippen molar-refractivity contribution in [2.24, 2.45) is 11.8 Å². The normalized spacial score (nSPS) is 14.3. The van der Waals surface area contributed by atoms with E-state index in [9.17, 15) is 24.3 Å². The Hall–Kier alpha value is -5.94. The Morgan fingerprint density at radius 3 is 1.24 bits per heavy atom. The smallest absolute Gasteiger partial charge is 0.244 e. The van der Waals surface area contributed by atoms with E-state index in [1.807, 2.05) is 88.4 Å². The molecule has 2 aromatic carbocycles. The zero-order valence-electron chi connectivity index (χ0n) is 31.1. The molecule has 11 heteroatoms. The number of nitrogens with zero attached hydrogens (tertiary/aromatic N) is 2. The highest BCUT2D eigenvalue weighted by molar-refractivity contribution is 5.96. The molecule has 2 aromatic heterocycles. The van der Waals surface area contributed by atoms with Gasteiger partial charge >= 0.3 is 0 Å². The first kappa shape index (κ1) is 40.8. The summed E-state index contributed by atoms with van der Waals surface area (Å²) in [5.41, 5.74) is 3.27. The molecular weight excluding hydrogens is 681 g/mol. The first-order valence-electron chi connectivity index (χ1n) is 18.1. The van der Waals surface area contributed by atoms with Gasteiger partial charge in [-0.25, -0.2) is 0 Å². The Balaban J connectivity index is 1.58. The maximum atomic E-state index is 14.0. The molecule has 4 amide bonds. The topological polar surface area (TPSA) is 162 Å². The van der Waals surface area contributed by atoms with Crippen LogP contribution >= 0.6 is 0 Å². The Morgan fingerprint density at radius 2 is 0.907 bits per heavy atom. The highest BCUT2D eigenvalue weighted by Gasteiger charge is 2.35. The van der Waals surface area contributed by atoms with Crippen LogP contribution in [0.5, 0.6) is 0 Å². The van der Waals surface area contributed by atoms with Crippen LogP contribution in [0.25, 0.3) is 12.2 Å². The monoisotopic (exact) mass is 730 g/mol. The number of carbonyl (C=O) groups is 4. The SMILES string of the molecule is CC(C)[C@H](NC(=O)C=Cc1ccncc1)C(=O)N[C@@H](Cc1ccccc1)C(O)[C@H](Cc1ccccc1)NC(=O)[C@@H](NC(=O)C=Cc1ccncc1)C(C)C. The van der Waals surface area contributed by atoms with Crippen LogP contribution in [0.2, 0.25) is 0 Å². The first-order chi connectivity index (χ1) is 26.0. The molecule has 0 spiro atoms. The van der Waals surface area contributed by atoms with Crippen LogP contribution in [0.1, 0.15) is 49.9 Å². The summed E-state index contributed by atoms with van der Waals surface area (Å²) >= 11 is 0. The summed E-state index contributed by atoms with van der Waals surface area (Å²) < 4.78 is 0. The minimum absolute atomic E-state index is 0.236. The van der Waals surface area contributed by atoms with Crippen molar-refractivity contribution < 1.29 is 24.3 Å². The minimum atomic E-state index is -1.29. The molecule has 5 N–H and O–H groups in total. The summed E-state index contributed by atoms with van der Waals surface area (Å²) in [5.74, 6) is -2.44. The second-order valence-corrected chi connectivity index (χ2v) is 13.8. The Kier molecular flexibility index (Phi) is 15.8. The number of aromatic nitrogens is 2. The van der Waals surface area contributed by atoms with Gasteiger partial charge in [-0.3, -0.25) is 29.1 Å². The average molecular weight is 731 g/mol. The molecule has 0 aliphatic rings.